The van der Waals surface area contributed by atoms with Crippen LogP contribution in [0.2, 0.25) is 0 Å². The van der Waals surface area contributed by atoms with Gasteiger partial charge in [0.1, 0.15) is 11.9 Å². The van der Waals surface area contributed by atoms with Gasteiger partial charge in [-0.2, -0.15) is 0 Å². The van der Waals surface area contributed by atoms with Gasteiger partial charge in [0.2, 0.25) is 0 Å². The van der Waals surface area contributed by atoms with Gasteiger partial charge < -0.3 is 9.64 Å². The molecule has 2 aromatic rings. The zero-order valence-corrected chi connectivity index (χ0v) is 14.3. The topological polar surface area (TPSA) is 55.6 Å². The molecule has 128 valence electrons. The van der Waals surface area contributed by atoms with E-state index in [1.54, 1.807) is 12.1 Å². The summed E-state index contributed by atoms with van der Waals surface area (Å²) in [5, 5.41) is 10.9. The lowest BCUT2D eigenvalue weighted by molar-refractivity contribution is -0.385. The third-order valence-corrected chi connectivity index (χ3v) is 4.30. The number of ether oxygens (including phenoxy) is 1. The minimum absolute atomic E-state index is 0. The van der Waals surface area contributed by atoms with Crippen molar-refractivity contribution in [3.05, 3.63) is 70.3 Å². The van der Waals surface area contributed by atoms with Crippen LogP contribution in [0.25, 0.3) is 0 Å². The van der Waals surface area contributed by atoms with Crippen LogP contribution >= 0.6 is 12.4 Å². The normalized spacial score (nSPS) is 20.9. The fourth-order valence-corrected chi connectivity index (χ4v) is 3.10. The second-order valence-corrected chi connectivity index (χ2v) is 5.98. The number of hydrogen-bond acceptors (Lipinski definition) is 4. The molecule has 1 aliphatic rings. The van der Waals surface area contributed by atoms with Crippen LogP contribution in [0.4, 0.5) is 5.69 Å². The molecule has 2 atom stereocenters. The molecule has 3 rings (SSSR count). The van der Waals surface area contributed by atoms with E-state index in [0.29, 0.717) is 5.75 Å². The second-order valence-electron chi connectivity index (χ2n) is 5.98. The molecule has 0 aliphatic carbocycles. The third-order valence-electron chi connectivity index (χ3n) is 4.30. The minimum Gasteiger partial charge on any atom is -0.489 e. The zero-order chi connectivity index (χ0) is 16.2. The first kappa shape index (κ1) is 18.2. The first-order valence-electron chi connectivity index (χ1n) is 7.78. The van der Waals surface area contributed by atoms with Crippen LogP contribution in [-0.2, 0) is 0 Å². The van der Waals surface area contributed by atoms with Gasteiger partial charge in [0, 0.05) is 25.1 Å². The lowest BCUT2D eigenvalue weighted by atomic mass is 9.88. The first-order valence-corrected chi connectivity index (χ1v) is 7.78. The monoisotopic (exact) mass is 348 g/mol. The van der Waals surface area contributed by atoms with Gasteiger partial charge in [-0.25, -0.2) is 0 Å². The third kappa shape index (κ3) is 4.24. The Bertz CT molecular complexity index is 681. The Morgan fingerprint density at radius 3 is 2.62 bits per heavy atom. The van der Waals surface area contributed by atoms with E-state index < -0.39 is 4.92 Å². The summed E-state index contributed by atoms with van der Waals surface area (Å²) in [5.41, 5.74) is 1.31. The Morgan fingerprint density at radius 1 is 1.17 bits per heavy atom. The summed E-state index contributed by atoms with van der Waals surface area (Å²) in [7, 11) is 2.11. The van der Waals surface area contributed by atoms with Gasteiger partial charge in [0.05, 0.1) is 11.0 Å². The maximum atomic E-state index is 10.9. The Kier molecular flexibility index (Phi) is 6.17. The molecular formula is C18H21ClN2O3. The first-order chi connectivity index (χ1) is 11.1. The number of rotatable bonds is 4. The molecule has 1 heterocycles. The van der Waals surface area contributed by atoms with Gasteiger partial charge in [-0.05, 0) is 25.1 Å². The van der Waals surface area contributed by atoms with Gasteiger partial charge >= 0.3 is 0 Å². The molecule has 0 aromatic heterocycles. The summed E-state index contributed by atoms with van der Waals surface area (Å²) in [4.78, 5) is 12.8. The lowest BCUT2D eigenvalue weighted by Gasteiger charge is -2.37. The van der Waals surface area contributed by atoms with Crippen molar-refractivity contribution >= 4 is 18.1 Å². The zero-order valence-electron chi connectivity index (χ0n) is 13.5. The molecule has 1 saturated heterocycles. The Morgan fingerprint density at radius 2 is 1.92 bits per heavy atom. The molecule has 2 aromatic carbocycles. The number of piperidine rings is 1. The number of non-ortho nitro benzene ring substituents is 1. The van der Waals surface area contributed by atoms with E-state index in [4.69, 9.17) is 4.74 Å². The summed E-state index contributed by atoms with van der Waals surface area (Å²) in [6, 6.07) is 16.8. The SMILES string of the molecule is CN1CC[C@H](Oc2cccc([N+](=O)[O-])c2)[C@@H](c2ccccc2)C1.Cl. The predicted molar refractivity (Wildman–Crippen MR) is 96.1 cm³/mol. The number of likely N-dealkylation sites (N-methyl/N-ethyl adjacent to an activating group) is 1. The van der Waals surface area contributed by atoms with Crippen molar-refractivity contribution in [1.29, 1.82) is 0 Å². The second kappa shape index (κ2) is 8.13. The van der Waals surface area contributed by atoms with Crippen LogP contribution in [0.1, 0.15) is 17.9 Å². The van der Waals surface area contributed by atoms with Crippen molar-refractivity contribution in [2.75, 3.05) is 20.1 Å². The van der Waals surface area contributed by atoms with E-state index in [1.165, 1.54) is 17.7 Å². The van der Waals surface area contributed by atoms with Crippen molar-refractivity contribution in [2.45, 2.75) is 18.4 Å². The fraction of sp³-hybridized carbons (Fsp3) is 0.333. The number of nitro groups is 1. The molecule has 0 N–H and O–H groups in total. The lowest BCUT2D eigenvalue weighted by Crippen LogP contribution is -2.42. The van der Waals surface area contributed by atoms with Crippen LogP contribution < -0.4 is 4.74 Å². The highest BCUT2D eigenvalue weighted by Crippen LogP contribution is 2.31. The molecule has 0 unspecified atom stereocenters. The van der Waals surface area contributed by atoms with Gasteiger partial charge in [-0.1, -0.05) is 36.4 Å². The van der Waals surface area contributed by atoms with Crippen LogP contribution in [0.5, 0.6) is 5.75 Å². The van der Waals surface area contributed by atoms with E-state index in [9.17, 15) is 10.1 Å². The van der Waals surface area contributed by atoms with E-state index in [0.717, 1.165) is 19.5 Å². The van der Waals surface area contributed by atoms with Crippen molar-refractivity contribution in [2.24, 2.45) is 0 Å². The summed E-state index contributed by atoms with van der Waals surface area (Å²) < 4.78 is 6.13. The minimum atomic E-state index is -0.393. The molecule has 1 aliphatic heterocycles. The van der Waals surface area contributed by atoms with Gasteiger partial charge in [0.25, 0.3) is 5.69 Å². The Balaban J connectivity index is 0.00000208. The molecular weight excluding hydrogens is 328 g/mol. The largest absolute Gasteiger partial charge is 0.489 e. The van der Waals surface area contributed by atoms with E-state index >= 15 is 0 Å². The van der Waals surface area contributed by atoms with Crippen LogP contribution in [0, 0.1) is 10.1 Å². The maximum Gasteiger partial charge on any atom is 0.273 e. The van der Waals surface area contributed by atoms with Crippen molar-refractivity contribution in [3.8, 4) is 5.75 Å². The smallest absolute Gasteiger partial charge is 0.273 e. The Labute approximate surface area is 147 Å². The van der Waals surface area contributed by atoms with E-state index in [-0.39, 0.29) is 30.1 Å². The molecule has 1 fully saturated rings. The van der Waals surface area contributed by atoms with Crippen LogP contribution in [-0.4, -0.2) is 36.1 Å². The molecule has 0 saturated carbocycles. The average Bonchev–Trinajstić information content (AvgIpc) is 2.57. The van der Waals surface area contributed by atoms with Crippen molar-refractivity contribution in [1.82, 2.24) is 4.90 Å². The number of benzene rings is 2. The van der Waals surface area contributed by atoms with E-state index in [2.05, 4.69) is 24.1 Å². The summed E-state index contributed by atoms with van der Waals surface area (Å²) >= 11 is 0. The molecule has 0 radical (unpaired) electrons. The van der Waals surface area contributed by atoms with Crippen LogP contribution in [0.15, 0.2) is 54.6 Å². The quantitative estimate of drug-likeness (QED) is 0.621. The van der Waals surface area contributed by atoms with E-state index in [1.807, 2.05) is 18.2 Å². The number of likely N-dealkylation sites (tertiary alicyclic amines) is 1. The number of hydrogen-bond donors (Lipinski definition) is 0. The highest BCUT2D eigenvalue weighted by atomic mass is 35.5. The standard InChI is InChI=1S/C18H20N2O3.ClH/c1-19-11-10-18(17(13-19)14-6-3-2-4-7-14)23-16-9-5-8-15(12-16)20(21)22;/h2-9,12,17-18H,10-11,13H2,1H3;1H/t17-,18+;/m1./s1. The van der Waals surface area contributed by atoms with Gasteiger partial charge in [-0.15, -0.1) is 12.4 Å². The Hall–Kier alpha value is -2.11. The number of nitrogens with zero attached hydrogens (tertiary/aromatic N) is 2. The maximum absolute atomic E-state index is 10.9. The number of nitro benzene ring substituents is 1. The summed E-state index contributed by atoms with van der Waals surface area (Å²) in [5.74, 6) is 0.823. The summed E-state index contributed by atoms with van der Waals surface area (Å²) in [6.45, 7) is 1.88. The highest BCUT2D eigenvalue weighted by Gasteiger charge is 2.30. The molecule has 0 bridgehead atoms. The van der Waals surface area contributed by atoms with Crippen molar-refractivity contribution in [3.63, 3.8) is 0 Å². The van der Waals surface area contributed by atoms with Crippen LogP contribution in [0.3, 0.4) is 0 Å². The molecule has 6 heteroatoms. The molecule has 24 heavy (non-hydrogen) atoms. The van der Waals surface area contributed by atoms with Gasteiger partial charge in [-0.3, -0.25) is 10.1 Å². The number of halogens is 1. The molecule has 5 nitrogen and oxygen atoms in total. The average molecular weight is 349 g/mol. The van der Waals surface area contributed by atoms with Gasteiger partial charge in [0.15, 0.2) is 0 Å². The highest BCUT2D eigenvalue weighted by molar-refractivity contribution is 5.85. The predicted octanol–water partition coefficient (Wildman–Crippen LogP) is 3.88. The summed E-state index contributed by atoms with van der Waals surface area (Å²) in [6.07, 6.45) is 0.925. The van der Waals surface area contributed by atoms with Crippen molar-refractivity contribution < 1.29 is 9.66 Å². The molecule has 0 spiro atoms. The molecule has 0 amide bonds. The fourth-order valence-electron chi connectivity index (χ4n) is 3.10.